The number of halogens is 1. The number of aryl methyl sites for hydroxylation is 2. The van der Waals surface area contributed by atoms with Gasteiger partial charge in [-0.1, -0.05) is 42.5 Å². The van der Waals surface area contributed by atoms with Gasteiger partial charge in [0.2, 0.25) is 0 Å². The number of methoxy groups -OCH3 is 1. The van der Waals surface area contributed by atoms with Gasteiger partial charge in [-0.3, -0.25) is 4.79 Å². The highest BCUT2D eigenvalue weighted by molar-refractivity contribution is 7.91. The van der Waals surface area contributed by atoms with Gasteiger partial charge < -0.3 is 14.2 Å². The van der Waals surface area contributed by atoms with Gasteiger partial charge in [0.1, 0.15) is 33.8 Å². The number of hydrogen-bond donors (Lipinski definition) is 0. The molecule has 0 radical (unpaired) electrons. The molecule has 1 saturated heterocycles. The summed E-state index contributed by atoms with van der Waals surface area (Å²) >= 11 is 0. The fourth-order valence-corrected chi connectivity index (χ4v) is 8.03. The summed E-state index contributed by atoms with van der Waals surface area (Å²) < 4.78 is 54.3. The van der Waals surface area contributed by atoms with Crippen LogP contribution in [0.2, 0.25) is 0 Å². The highest BCUT2D eigenvalue weighted by atomic mass is 32.2. The normalized spacial score (nSPS) is 16.4. The van der Waals surface area contributed by atoms with Gasteiger partial charge >= 0.3 is 5.97 Å². The molecule has 0 N–H and O–H groups in total. The average Bonchev–Trinajstić information content (AvgIpc) is 3.25. The van der Waals surface area contributed by atoms with Crippen LogP contribution in [0, 0.1) is 11.7 Å². The lowest BCUT2D eigenvalue weighted by molar-refractivity contribution is -0.140. The largest absolute Gasteiger partial charge is 0.493 e. The Labute approximate surface area is 270 Å². The Balaban J connectivity index is 1.12. The van der Waals surface area contributed by atoms with Gasteiger partial charge in [-0.25, -0.2) is 12.8 Å². The van der Waals surface area contributed by atoms with Crippen LogP contribution >= 0.6 is 0 Å². The van der Waals surface area contributed by atoms with Crippen molar-refractivity contribution in [1.29, 1.82) is 0 Å². The van der Waals surface area contributed by atoms with Crippen molar-refractivity contribution in [2.45, 2.75) is 51.0 Å². The van der Waals surface area contributed by atoms with E-state index >= 15 is 0 Å². The van der Waals surface area contributed by atoms with E-state index in [0.717, 1.165) is 41.7 Å². The van der Waals surface area contributed by atoms with Gasteiger partial charge in [0.15, 0.2) is 0 Å². The maximum Gasteiger partial charge on any atom is 0.306 e. The van der Waals surface area contributed by atoms with E-state index in [1.165, 1.54) is 41.5 Å². The van der Waals surface area contributed by atoms with Gasteiger partial charge in [-0.2, -0.15) is 0 Å². The van der Waals surface area contributed by atoms with E-state index in [4.69, 9.17) is 14.2 Å². The topological polar surface area (TPSA) is 78.9 Å². The van der Waals surface area contributed by atoms with Gasteiger partial charge in [0.05, 0.1) is 31.6 Å². The van der Waals surface area contributed by atoms with E-state index in [2.05, 4.69) is 30.3 Å². The molecule has 6 rings (SSSR count). The van der Waals surface area contributed by atoms with Crippen molar-refractivity contribution >= 4 is 15.8 Å². The minimum atomic E-state index is -2.88. The van der Waals surface area contributed by atoms with Crippen molar-refractivity contribution in [2.24, 2.45) is 5.92 Å². The van der Waals surface area contributed by atoms with Crippen molar-refractivity contribution < 1.29 is 31.8 Å². The van der Waals surface area contributed by atoms with Gasteiger partial charge in [-0.15, -0.1) is 0 Å². The standard InChI is InChI=1S/C38H39FO6S/c1-43-38(40)23-36(29-7-11-32(39)12-8-29)30-9-13-33(14-10-30)44-25-27-5-6-28-3-2-4-31-22-34(15-16-35(31)37(28)21-27)45-24-26-17-19-46(41,42)20-18-26/h5-16,21-22,26,36H,2-4,17-20,23-25H2,1H3. The third kappa shape index (κ3) is 7.79. The Kier molecular flexibility index (Phi) is 9.73. The quantitative estimate of drug-likeness (QED) is 0.167. The van der Waals surface area contributed by atoms with Crippen LogP contribution < -0.4 is 9.47 Å². The first-order chi connectivity index (χ1) is 22.3. The van der Waals surface area contributed by atoms with Crippen molar-refractivity contribution in [1.82, 2.24) is 0 Å². The number of carbonyl (C=O) groups excluding carboxylic acids is 1. The maximum absolute atomic E-state index is 13.5. The molecule has 46 heavy (non-hydrogen) atoms. The smallest absolute Gasteiger partial charge is 0.306 e. The van der Waals surface area contributed by atoms with Crippen LogP contribution in [0.4, 0.5) is 4.39 Å². The summed E-state index contributed by atoms with van der Waals surface area (Å²) in [5, 5.41) is 0. The minimum absolute atomic E-state index is 0.152. The van der Waals surface area contributed by atoms with Crippen LogP contribution in [0.15, 0.2) is 84.9 Å². The molecule has 1 atom stereocenters. The number of hydrogen-bond acceptors (Lipinski definition) is 6. The van der Waals surface area contributed by atoms with Crippen molar-refractivity contribution in [3.05, 3.63) is 119 Å². The molecule has 1 heterocycles. The molecule has 8 heteroatoms. The summed E-state index contributed by atoms with van der Waals surface area (Å²) in [5.41, 5.74) is 7.84. The molecule has 2 aliphatic rings. The second kappa shape index (κ2) is 14.1. The molecule has 1 fully saturated rings. The third-order valence-corrected chi connectivity index (χ3v) is 10.9. The SMILES string of the molecule is COC(=O)CC(c1ccc(F)cc1)c1ccc(OCc2ccc3c(c2)-c2ccc(OCC4CCS(=O)(=O)CC4)cc2CCC3)cc1. The summed E-state index contributed by atoms with van der Waals surface area (Å²) in [4.78, 5) is 12.1. The Morgan fingerprint density at radius 1 is 0.804 bits per heavy atom. The van der Waals surface area contributed by atoms with Crippen LogP contribution in [0.25, 0.3) is 11.1 Å². The third-order valence-electron chi connectivity index (χ3n) is 9.15. The molecule has 0 bridgehead atoms. The molecule has 6 nitrogen and oxygen atoms in total. The average molecular weight is 643 g/mol. The van der Waals surface area contributed by atoms with E-state index in [1.807, 2.05) is 30.3 Å². The molecule has 4 aromatic carbocycles. The van der Waals surface area contributed by atoms with E-state index in [9.17, 15) is 17.6 Å². The Morgan fingerprint density at radius 3 is 2.20 bits per heavy atom. The molecule has 0 spiro atoms. The number of ether oxygens (including phenoxy) is 3. The summed E-state index contributed by atoms with van der Waals surface area (Å²) in [6, 6.07) is 26.7. The lowest BCUT2D eigenvalue weighted by Crippen LogP contribution is -2.26. The predicted molar refractivity (Wildman–Crippen MR) is 176 cm³/mol. The number of sulfone groups is 1. The zero-order chi connectivity index (χ0) is 32.1. The van der Waals surface area contributed by atoms with Crippen LogP contribution in [-0.4, -0.2) is 39.6 Å². The van der Waals surface area contributed by atoms with Crippen LogP contribution in [-0.2, 0) is 38.8 Å². The fraction of sp³-hybridized carbons (Fsp3) is 0.342. The van der Waals surface area contributed by atoms with Gasteiger partial charge in [-0.05, 0) is 119 Å². The summed E-state index contributed by atoms with van der Waals surface area (Å²) in [5.74, 6) is 1.43. The zero-order valence-electron chi connectivity index (χ0n) is 26.0. The lowest BCUT2D eigenvalue weighted by Gasteiger charge is -2.22. The van der Waals surface area contributed by atoms with E-state index in [0.29, 0.717) is 31.8 Å². The fourth-order valence-electron chi connectivity index (χ4n) is 6.44. The first kappa shape index (κ1) is 31.8. The first-order valence-electron chi connectivity index (χ1n) is 15.9. The highest BCUT2D eigenvalue weighted by Crippen LogP contribution is 2.36. The Morgan fingerprint density at radius 2 is 1.48 bits per heavy atom. The Bertz CT molecular complexity index is 1770. The molecule has 1 aliphatic heterocycles. The molecular weight excluding hydrogens is 603 g/mol. The molecule has 0 aromatic heterocycles. The van der Waals surface area contributed by atoms with E-state index in [1.54, 1.807) is 12.1 Å². The number of esters is 1. The predicted octanol–water partition coefficient (Wildman–Crippen LogP) is 7.46. The van der Waals surface area contributed by atoms with E-state index in [-0.39, 0.29) is 41.5 Å². The molecule has 4 aromatic rings. The molecule has 1 aliphatic carbocycles. The van der Waals surface area contributed by atoms with Crippen molar-refractivity contribution in [3.63, 3.8) is 0 Å². The van der Waals surface area contributed by atoms with Crippen molar-refractivity contribution in [3.8, 4) is 22.6 Å². The lowest BCUT2D eigenvalue weighted by atomic mass is 9.88. The van der Waals surface area contributed by atoms with E-state index < -0.39 is 9.84 Å². The molecule has 1 unspecified atom stereocenters. The Hall–Kier alpha value is -4.17. The summed E-state index contributed by atoms with van der Waals surface area (Å²) in [6.07, 6.45) is 4.51. The number of fused-ring (bicyclic) bond motifs is 3. The van der Waals surface area contributed by atoms with Gasteiger partial charge in [0, 0.05) is 5.92 Å². The molecule has 0 amide bonds. The van der Waals surface area contributed by atoms with Crippen molar-refractivity contribution in [2.75, 3.05) is 25.2 Å². The summed E-state index contributed by atoms with van der Waals surface area (Å²) in [6.45, 7) is 0.954. The number of rotatable bonds is 10. The molecule has 240 valence electrons. The van der Waals surface area contributed by atoms with Crippen LogP contribution in [0.5, 0.6) is 11.5 Å². The first-order valence-corrected chi connectivity index (χ1v) is 17.7. The minimum Gasteiger partial charge on any atom is -0.493 e. The second-order valence-corrected chi connectivity index (χ2v) is 14.6. The maximum atomic E-state index is 13.5. The summed E-state index contributed by atoms with van der Waals surface area (Å²) in [7, 11) is -1.51. The zero-order valence-corrected chi connectivity index (χ0v) is 26.9. The number of carbonyl (C=O) groups is 1. The molecule has 0 saturated carbocycles. The highest BCUT2D eigenvalue weighted by Gasteiger charge is 2.24. The van der Waals surface area contributed by atoms with Crippen LogP contribution in [0.3, 0.4) is 0 Å². The van der Waals surface area contributed by atoms with Gasteiger partial charge in [0.25, 0.3) is 0 Å². The monoisotopic (exact) mass is 642 g/mol. The van der Waals surface area contributed by atoms with Crippen LogP contribution in [0.1, 0.15) is 59.4 Å². The number of benzene rings is 4. The molecular formula is C38H39FO6S. The second-order valence-electron chi connectivity index (χ2n) is 12.3.